The van der Waals surface area contributed by atoms with E-state index in [2.05, 4.69) is 0 Å². The number of benzene rings is 1. The van der Waals surface area contributed by atoms with E-state index in [1.807, 2.05) is 0 Å². The van der Waals surface area contributed by atoms with Crippen molar-refractivity contribution < 1.29 is 22.4 Å². The third kappa shape index (κ3) is 2.70. The Morgan fingerprint density at radius 1 is 1.45 bits per heavy atom. The third-order valence-corrected chi connectivity index (χ3v) is 4.43. The number of halogens is 1. The lowest BCUT2D eigenvalue weighted by Crippen LogP contribution is -2.32. The molecule has 2 N–H and O–H groups in total. The fourth-order valence-corrected chi connectivity index (χ4v) is 2.89. The van der Waals surface area contributed by atoms with Gasteiger partial charge in [0.2, 0.25) is 15.9 Å². The Balaban J connectivity index is 2.43. The minimum atomic E-state index is -3.84. The summed E-state index contributed by atoms with van der Waals surface area (Å²) in [7, 11) is -3.84. The average molecular weight is 300 g/mol. The minimum absolute atomic E-state index is 0.0356. The van der Waals surface area contributed by atoms with Crippen LogP contribution < -0.4 is 10.0 Å². The van der Waals surface area contributed by atoms with Crippen LogP contribution in [0.2, 0.25) is 0 Å². The molecule has 6 nitrogen and oxygen atoms in total. The van der Waals surface area contributed by atoms with Gasteiger partial charge in [0.25, 0.3) is 0 Å². The maximum Gasteiger partial charge on any atom is 0.228 e. The van der Waals surface area contributed by atoms with E-state index < -0.39 is 32.8 Å². The van der Waals surface area contributed by atoms with E-state index in [-0.39, 0.29) is 24.2 Å². The smallest absolute Gasteiger partial charge is 0.228 e. The summed E-state index contributed by atoms with van der Waals surface area (Å²) >= 11 is 0. The van der Waals surface area contributed by atoms with Gasteiger partial charge in [0, 0.05) is 18.5 Å². The summed E-state index contributed by atoms with van der Waals surface area (Å²) in [6.07, 6.45) is -0.243. The summed E-state index contributed by atoms with van der Waals surface area (Å²) < 4.78 is 35.8. The van der Waals surface area contributed by atoms with Crippen molar-refractivity contribution in [1.82, 2.24) is 0 Å². The normalized spacial score (nSPS) is 19.4. The zero-order chi connectivity index (χ0) is 15.1. The molecule has 0 bridgehead atoms. The number of primary sulfonamides is 1. The van der Waals surface area contributed by atoms with Crippen LogP contribution in [0.25, 0.3) is 0 Å². The first-order valence-electron chi connectivity index (χ1n) is 5.82. The van der Waals surface area contributed by atoms with Gasteiger partial charge in [-0.05, 0) is 25.1 Å². The number of rotatable bonds is 3. The van der Waals surface area contributed by atoms with Crippen LogP contribution in [-0.4, -0.2) is 31.9 Å². The second-order valence-corrected chi connectivity index (χ2v) is 6.48. The molecule has 1 unspecified atom stereocenters. The molecule has 1 amide bonds. The van der Waals surface area contributed by atoms with Crippen molar-refractivity contribution >= 4 is 27.4 Å². The maximum absolute atomic E-state index is 13.2. The SMILES string of the molecule is CC(=O)c1cc(F)ccc1N1CC(S(N)(=O)=O)CC1=O. The largest absolute Gasteiger partial charge is 0.310 e. The van der Waals surface area contributed by atoms with Crippen LogP contribution in [0.3, 0.4) is 0 Å². The van der Waals surface area contributed by atoms with Gasteiger partial charge in [-0.2, -0.15) is 0 Å². The molecule has 0 radical (unpaired) electrons. The lowest BCUT2D eigenvalue weighted by molar-refractivity contribution is -0.117. The summed E-state index contributed by atoms with van der Waals surface area (Å²) in [5.41, 5.74) is 0.239. The molecule has 1 fully saturated rings. The number of nitrogens with two attached hydrogens (primary N) is 1. The molecule has 1 atom stereocenters. The molecule has 1 saturated heterocycles. The summed E-state index contributed by atoms with van der Waals surface area (Å²) in [5, 5.41) is 4.02. The molecule has 8 heteroatoms. The van der Waals surface area contributed by atoms with Crippen LogP contribution >= 0.6 is 0 Å². The minimum Gasteiger partial charge on any atom is -0.310 e. The molecule has 2 rings (SSSR count). The molecule has 1 heterocycles. The highest BCUT2D eigenvalue weighted by Gasteiger charge is 2.38. The van der Waals surface area contributed by atoms with E-state index in [0.29, 0.717) is 0 Å². The lowest BCUT2D eigenvalue weighted by Gasteiger charge is -2.19. The first kappa shape index (κ1) is 14.6. The standard InChI is InChI=1S/C12H13FN2O4S/c1-7(16)10-4-8(13)2-3-11(10)15-6-9(5-12(15)17)20(14,18)19/h2-4,9H,5-6H2,1H3,(H2,14,18,19). The van der Waals surface area contributed by atoms with E-state index in [1.54, 1.807) is 0 Å². The van der Waals surface area contributed by atoms with Crippen LogP contribution in [0.4, 0.5) is 10.1 Å². The Morgan fingerprint density at radius 2 is 2.10 bits per heavy atom. The number of sulfonamides is 1. The van der Waals surface area contributed by atoms with Crippen molar-refractivity contribution in [2.24, 2.45) is 5.14 Å². The van der Waals surface area contributed by atoms with Crippen LogP contribution in [0.5, 0.6) is 0 Å². The number of hydrogen-bond acceptors (Lipinski definition) is 4. The third-order valence-electron chi connectivity index (χ3n) is 3.18. The summed E-state index contributed by atoms with van der Waals surface area (Å²) in [5.74, 6) is -1.47. The fourth-order valence-electron chi connectivity index (χ4n) is 2.15. The van der Waals surface area contributed by atoms with Crippen LogP contribution in [0.15, 0.2) is 18.2 Å². The Morgan fingerprint density at radius 3 is 2.60 bits per heavy atom. The lowest BCUT2D eigenvalue weighted by atomic mass is 10.1. The van der Waals surface area contributed by atoms with Crippen LogP contribution in [-0.2, 0) is 14.8 Å². The number of carbonyl (C=O) groups excluding carboxylic acids is 2. The highest BCUT2D eigenvalue weighted by Crippen LogP contribution is 2.28. The summed E-state index contributed by atoms with van der Waals surface area (Å²) in [6, 6.07) is 3.42. The Hall–Kier alpha value is -1.80. The molecule has 20 heavy (non-hydrogen) atoms. The van der Waals surface area contributed by atoms with Crippen LogP contribution in [0, 0.1) is 5.82 Å². The molecule has 1 aliphatic rings. The van der Waals surface area contributed by atoms with Gasteiger partial charge in [-0.1, -0.05) is 0 Å². The molecule has 0 spiro atoms. The Labute approximate surface area is 115 Å². The number of ketones is 1. The van der Waals surface area contributed by atoms with E-state index in [0.717, 1.165) is 17.0 Å². The van der Waals surface area contributed by atoms with Crippen molar-refractivity contribution in [2.75, 3.05) is 11.4 Å². The number of anilines is 1. The van der Waals surface area contributed by atoms with Crippen LogP contribution in [0.1, 0.15) is 23.7 Å². The van der Waals surface area contributed by atoms with Crippen molar-refractivity contribution in [3.8, 4) is 0 Å². The molecule has 0 aromatic heterocycles. The molecule has 0 saturated carbocycles. The number of nitrogens with zero attached hydrogens (tertiary/aromatic N) is 1. The van der Waals surface area contributed by atoms with Gasteiger partial charge < -0.3 is 4.90 Å². The van der Waals surface area contributed by atoms with Crippen molar-refractivity contribution in [3.05, 3.63) is 29.6 Å². The quantitative estimate of drug-likeness (QED) is 0.818. The average Bonchev–Trinajstić information content (AvgIpc) is 2.71. The number of carbonyl (C=O) groups is 2. The Kier molecular flexibility index (Phi) is 3.61. The van der Waals surface area contributed by atoms with E-state index in [9.17, 15) is 22.4 Å². The van der Waals surface area contributed by atoms with Crippen molar-refractivity contribution in [1.29, 1.82) is 0 Å². The molecule has 1 aromatic carbocycles. The zero-order valence-electron chi connectivity index (χ0n) is 10.7. The number of Topliss-reactive ketones (excluding diaryl/α,β-unsaturated/α-hetero) is 1. The molecule has 1 aromatic rings. The molecule has 108 valence electrons. The second-order valence-electron chi connectivity index (χ2n) is 4.64. The van der Waals surface area contributed by atoms with Gasteiger partial charge >= 0.3 is 0 Å². The number of hydrogen-bond donors (Lipinski definition) is 1. The van der Waals surface area contributed by atoms with Gasteiger partial charge in [0.05, 0.1) is 5.69 Å². The van der Waals surface area contributed by atoms with Crippen molar-refractivity contribution in [2.45, 2.75) is 18.6 Å². The first-order chi connectivity index (χ1) is 9.20. The predicted molar refractivity (Wildman–Crippen MR) is 70.3 cm³/mol. The second kappa shape index (κ2) is 4.95. The molecule has 0 aliphatic carbocycles. The summed E-state index contributed by atoms with van der Waals surface area (Å²) in [6.45, 7) is 1.11. The van der Waals surface area contributed by atoms with Gasteiger partial charge in [-0.3, -0.25) is 9.59 Å². The maximum atomic E-state index is 13.2. The van der Waals surface area contributed by atoms with E-state index >= 15 is 0 Å². The van der Waals surface area contributed by atoms with Gasteiger partial charge in [0.15, 0.2) is 5.78 Å². The topological polar surface area (TPSA) is 97.5 Å². The van der Waals surface area contributed by atoms with Gasteiger partial charge in [-0.15, -0.1) is 0 Å². The zero-order valence-corrected chi connectivity index (χ0v) is 11.5. The van der Waals surface area contributed by atoms with Gasteiger partial charge in [-0.25, -0.2) is 17.9 Å². The molecular formula is C12H13FN2O4S. The number of amides is 1. The van der Waals surface area contributed by atoms with Gasteiger partial charge in [0.1, 0.15) is 11.1 Å². The Bertz CT molecular complexity index is 687. The highest BCUT2D eigenvalue weighted by atomic mass is 32.2. The fraction of sp³-hybridized carbons (Fsp3) is 0.333. The van der Waals surface area contributed by atoms with E-state index in [4.69, 9.17) is 5.14 Å². The summed E-state index contributed by atoms with van der Waals surface area (Å²) in [4.78, 5) is 24.6. The predicted octanol–water partition coefficient (Wildman–Crippen LogP) is 0.422. The monoisotopic (exact) mass is 300 g/mol. The first-order valence-corrected chi connectivity index (χ1v) is 7.43. The highest BCUT2D eigenvalue weighted by molar-refractivity contribution is 7.89. The molecular weight excluding hydrogens is 287 g/mol. The molecule has 1 aliphatic heterocycles. The van der Waals surface area contributed by atoms with E-state index in [1.165, 1.54) is 13.0 Å². The van der Waals surface area contributed by atoms with Crippen molar-refractivity contribution in [3.63, 3.8) is 0 Å².